The first-order chi connectivity index (χ1) is 15.8. The van der Waals surface area contributed by atoms with Crippen LogP contribution in [0.5, 0.6) is 17.2 Å². The van der Waals surface area contributed by atoms with Crippen LogP contribution in [-0.4, -0.2) is 46.1 Å². The molecule has 174 valence electrons. The van der Waals surface area contributed by atoms with Gasteiger partial charge in [0.2, 0.25) is 5.16 Å². The molecule has 33 heavy (non-hydrogen) atoms. The minimum Gasteiger partial charge on any atom is -0.496 e. The number of ether oxygens (including phenoxy) is 3. The molecule has 1 heterocycles. The third-order valence-electron chi connectivity index (χ3n) is 4.22. The first kappa shape index (κ1) is 24.5. The van der Waals surface area contributed by atoms with Gasteiger partial charge in [0.1, 0.15) is 10.7 Å². The summed E-state index contributed by atoms with van der Waals surface area (Å²) in [5.74, 6) is 1.02. The molecule has 0 amide bonds. The second-order valence-corrected chi connectivity index (χ2v) is 8.48. The Morgan fingerprint density at radius 2 is 1.97 bits per heavy atom. The van der Waals surface area contributed by atoms with Crippen LogP contribution in [0.3, 0.4) is 0 Å². The number of rotatable bonds is 10. The molecule has 2 N–H and O–H groups in total. The van der Waals surface area contributed by atoms with Crippen LogP contribution >= 0.6 is 23.4 Å². The van der Waals surface area contributed by atoms with Gasteiger partial charge in [0.25, 0.3) is 0 Å². The number of carbonyl (C=O) groups is 1. The summed E-state index contributed by atoms with van der Waals surface area (Å²) in [4.78, 5) is 16.3. The van der Waals surface area contributed by atoms with Gasteiger partial charge < -0.3 is 19.3 Å². The van der Waals surface area contributed by atoms with E-state index >= 15 is 0 Å². The molecule has 0 unspecified atom stereocenters. The molecule has 8 nitrogen and oxygen atoms in total. The predicted molar refractivity (Wildman–Crippen MR) is 128 cm³/mol. The Kier molecular flexibility index (Phi) is 8.24. The van der Waals surface area contributed by atoms with Crippen molar-refractivity contribution in [2.45, 2.75) is 32.0 Å². The molecule has 1 aromatic heterocycles. The lowest BCUT2D eigenvalue weighted by Crippen LogP contribution is -2.07. The normalized spacial score (nSPS) is 11.5. The Morgan fingerprint density at radius 3 is 2.64 bits per heavy atom. The number of H-pyrrole nitrogens is 1. The highest BCUT2D eigenvalue weighted by molar-refractivity contribution is 8.04. The van der Waals surface area contributed by atoms with Gasteiger partial charge in [0.15, 0.2) is 17.3 Å². The molecule has 0 atom stereocenters. The quantitative estimate of drug-likeness (QED) is 0.282. The van der Waals surface area contributed by atoms with Crippen molar-refractivity contribution in [3.05, 3.63) is 51.9 Å². The number of hydrogen-bond donors (Lipinski definition) is 2. The first-order valence-electron chi connectivity index (χ1n) is 10.1. The molecule has 0 aliphatic rings. The maximum Gasteiger partial charge on any atom is 0.342 e. The predicted octanol–water partition coefficient (Wildman–Crippen LogP) is 5.54. The minimum atomic E-state index is -1.10. The van der Waals surface area contributed by atoms with Crippen molar-refractivity contribution in [3.63, 3.8) is 0 Å². The molecular weight excluding hydrogens is 466 g/mol. The van der Waals surface area contributed by atoms with Gasteiger partial charge in [-0.2, -0.15) is 0 Å². The largest absolute Gasteiger partial charge is 0.496 e. The van der Waals surface area contributed by atoms with Gasteiger partial charge in [-0.1, -0.05) is 17.7 Å². The molecule has 0 fully saturated rings. The Morgan fingerprint density at radius 1 is 1.21 bits per heavy atom. The third kappa shape index (κ3) is 6.43. The van der Waals surface area contributed by atoms with Crippen LogP contribution in [0.1, 0.15) is 26.3 Å². The number of nitrogens with zero attached hydrogens (tertiary/aromatic N) is 2. The summed E-state index contributed by atoms with van der Waals surface area (Å²) in [5, 5.41) is 17.4. The highest BCUT2D eigenvalue weighted by atomic mass is 35.5. The molecule has 10 heteroatoms. The van der Waals surface area contributed by atoms with Gasteiger partial charge >= 0.3 is 5.97 Å². The van der Waals surface area contributed by atoms with Gasteiger partial charge in [-0.25, -0.2) is 9.78 Å². The molecule has 0 aliphatic carbocycles. The summed E-state index contributed by atoms with van der Waals surface area (Å²) in [7, 11) is 1.54. The number of aliphatic carboxylic acids is 1. The van der Waals surface area contributed by atoms with Gasteiger partial charge in [-0.05, 0) is 74.5 Å². The molecule has 0 saturated heterocycles. The summed E-state index contributed by atoms with van der Waals surface area (Å²) < 4.78 is 16.8. The van der Waals surface area contributed by atoms with Crippen molar-refractivity contribution in [2.24, 2.45) is 0 Å². The average molecular weight is 490 g/mol. The standard InChI is InChI=1S/C23H24ClN3O5S/c1-5-31-19-10-14(6-8-18(19)32-13(2)3)11-20(22(28)29)33-23-25-21(26-27-23)16-12-15(24)7-9-17(16)30-4/h6-13H,5H2,1-4H3,(H,28,29)(H,25,26,27)/b20-11-. The summed E-state index contributed by atoms with van der Waals surface area (Å²) >= 11 is 7.01. The van der Waals surface area contributed by atoms with Crippen LogP contribution in [0.15, 0.2) is 46.5 Å². The van der Waals surface area contributed by atoms with Gasteiger partial charge in [0, 0.05) is 5.02 Å². The summed E-state index contributed by atoms with van der Waals surface area (Å²) in [5.41, 5.74) is 1.26. The summed E-state index contributed by atoms with van der Waals surface area (Å²) in [6, 6.07) is 10.4. The fourth-order valence-corrected chi connectivity index (χ4v) is 3.78. The first-order valence-corrected chi connectivity index (χ1v) is 11.3. The average Bonchev–Trinajstić information content (AvgIpc) is 3.23. The molecule has 2 aromatic carbocycles. The summed E-state index contributed by atoms with van der Waals surface area (Å²) in [6.45, 7) is 6.17. The van der Waals surface area contributed by atoms with E-state index in [1.807, 2.05) is 20.8 Å². The van der Waals surface area contributed by atoms with Crippen LogP contribution in [0.4, 0.5) is 0 Å². The van der Waals surface area contributed by atoms with Crippen molar-refractivity contribution >= 4 is 35.4 Å². The van der Waals surface area contributed by atoms with Crippen LogP contribution in [-0.2, 0) is 4.79 Å². The number of benzene rings is 2. The zero-order chi connectivity index (χ0) is 24.0. The van der Waals surface area contributed by atoms with E-state index < -0.39 is 5.97 Å². The zero-order valence-electron chi connectivity index (χ0n) is 18.6. The number of aromatic amines is 1. The molecular formula is C23H24ClN3O5S. The van der Waals surface area contributed by atoms with E-state index in [0.29, 0.717) is 45.8 Å². The molecule has 0 aliphatic heterocycles. The molecule has 0 saturated carbocycles. The van der Waals surface area contributed by atoms with Crippen molar-refractivity contribution in [2.75, 3.05) is 13.7 Å². The topological polar surface area (TPSA) is 107 Å². The van der Waals surface area contributed by atoms with E-state index in [4.69, 9.17) is 25.8 Å². The van der Waals surface area contributed by atoms with Gasteiger partial charge in [-0.15, -0.1) is 5.10 Å². The second kappa shape index (κ2) is 11.1. The van der Waals surface area contributed by atoms with Gasteiger partial charge in [-0.3, -0.25) is 5.10 Å². The molecule has 3 rings (SSSR count). The lowest BCUT2D eigenvalue weighted by Gasteiger charge is -2.15. The van der Waals surface area contributed by atoms with Crippen molar-refractivity contribution in [1.29, 1.82) is 0 Å². The SMILES string of the molecule is CCOc1cc(/C=C(\Sc2n[nH]c(-c3cc(Cl)ccc3OC)n2)C(=O)O)ccc1OC(C)C. The van der Waals surface area contributed by atoms with Crippen LogP contribution in [0, 0.1) is 0 Å². The number of thioether (sulfide) groups is 1. The fraction of sp³-hybridized carbons (Fsp3) is 0.261. The van der Waals surface area contributed by atoms with Crippen LogP contribution in [0.2, 0.25) is 5.02 Å². The van der Waals surface area contributed by atoms with E-state index in [1.165, 1.54) is 13.2 Å². The Labute approximate surface area is 200 Å². The number of nitrogens with one attached hydrogen (secondary N) is 1. The third-order valence-corrected chi connectivity index (χ3v) is 5.33. The van der Waals surface area contributed by atoms with E-state index in [-0.39, 0.29) is 16.2 Å². The minimum absolute atomic E-state index is 0.0196. The van der Waals surface area contributed by atoms with Crippen LogP contribution in [0.25, 0.3) is 17.5 Å². The maximum absolute atomic E-state index is 11.9. The zero-order valence-corrected chi connectivity index (χ0v) is 20.2. The number of carboxylic acid groups (broad SMARTS) is 1. The molecule has 3 aromatic rings. The monoisotopic (exact) mass is 489 g/mol. The number of carboxylic acids is 1. The number of aromatic nitrogens is 3. The number of methoxy groups -OCH3 is 1. The van der Waals surface area contributed by atoms with E-state index in [1.54, 1.807) is 36.4 Å². The Bertz CT molecular complexity index is 1160. The smallest absolute Gasteiger partial charge is 0.342 e. The Hall–Kier alpha value is -3.17. The maximum atomic E-state index is 11.9. The lowest BCUT2D eigenvalue weighted by molar-refractivity contribution is -0.131. The second-order valence-electron chi connectivity index (χ2n) is 7.03. The number of halogens is 1. The fourth-order valence-electron chi connectivity index (χ4n) is 2.90. The molecule has 0 radical (unpaired) electrons. The highest BCUT2D eigenvalue weighted by Gasteiger charge is 2.17. The Balaban J connectivity index is 1.89. The van der Waals surface area contributed by atoms with E-state index in [9.17, 15) is 9.90 Å². The van der Waals surface area contributed by atoms with Crippen LogP contribution < -0.4 is 14.2 Å². The van der Waals surface area contributed by atoms with E-state index in [2.05, 4.69) is 15.2 Å². The van der Waals surface area contributed by atoms with E-state index in [0.717, 1.165) is 11.8 Å². The van der Waals surface area contributed by atoms with Crippen molar-refractivity contribution in [1.82, 2.24) is 15.2 Å². The lowest BCUT2D eigenvalue weighted by atomic mass is 10.2. The summed E-state index contributed by atoms with van der Waals surface area (Å²) in [6.07, 6.45) is 1.51. The van der Waals surface area contributed by atoms with Crippen molar-refractivity contribution < 1.29 is 24.1 Å². The molecule has 0 spiro atoms. The van der Waals surface area contributed by atoms with Crippen molar-refractivity contribution in [3.8, 4) is 28.6 Å². The highest BCUT2D eigenvalue weighted by Crippen LogP contribution is 2.34. The number of hydrogen-bond acceptors (Lipinski definition) is 7. The molecule has 0 bridgehead atoms. The van der Waals surface area contributed by atoms with Gasteiger partial charge in [0.05, 0.1) is 25.4 Å².